The maximum Gasteiger partial charge on any atom is 0.0726 e. The Kier molecular flexibility index (Phi) is 3.17. The molecule has 16 heavy (non-hydrogen) atoms. The Morgan fingerprint density at radius 1 is 1.44 bits per heavy atom. The molecule has 3 N–H and O–H groups in total. The molecule has 0 radical (unpaired) electrons. The van der Waals surface area contributed by atoms with Crippen molar-refractivity contribution in [1.29, 1.82) is 0 Å². The maximum absolute atomic E-state index is 5.65. The van der Waals surface area contributed by atoms with E-state index in [-0.39, 0.29) is 11.6 Å². The van der Waals surface area contributed by atoms with Crippen molar-refractivity contribution in [1.82, 2.24) is 5.32 Å². The second-order valence-corrected chi connectivity index (χ2v) is 4.78. The largest absolute Gasteiger partial charge is 0.399 e. The molecule has 1 aliphatic heterocycles. The van der Waals surface area contributed by atoms with E-state index in [9.17, 15) is 0 Å². The number of ether oxygens (including phenoxy) is 1. The summed E-state index contributed by atoms with van der Waals surface area (Å²) in [6.07, 6.45) is 1.35. The number of rotatable bonds is 3. The minimum absolute atomic E-state index is 0.0986. The van der Waals surface area contributed by atoms with Crippen molar-refractivity contribution in [3.63, 3.8) is 0 Å². The van der Waals surface area contributed by atoms with E-state index in [0.717, 1.165) is 25.3 Å². The van der Waals surface area contributed by atoms with Crippen molar-refractivity contribution in [3.8, 4) is 0 Å². The van der Waals surface area contributed by atoms with Crippen molar-refractivity contribution >= 4 is 5.69 Å². The molecule has 1 aromatic carbocycles. The molecule has 1 heterocycles. The van der Waals surface area contributed by atoms with E-state index in [4.69, 9.17) is 10.5 Å². The molecule has 2 rings (SSSR count). The molecule has 88 valence electrons. The minimum atomic E-state index is 0.0986. The van der Waals surface area contributed by atoms with E-state index in [1.807, 2.05) is 12.1 Å². The highest BCUT2D eigenvalue weighted by molar-refractivity contribution is 5.39. The van der Waals surface area contributed by atoms with Gasteiger partial charge in [-0.15, -0.1) is 0 Å². The van der Waals surface area contributed by atoms with Crippen LogP contribution >= 0.6 is 0 Å². The third kappa shape index (κ3) is 2.36. The first-order valence-corrected chi connectivity index (χ1v) is 5.81. The van der Waals surface area contributed by atoms with E-state index in [1.165, 1.54) is 5.56 Å². The Balaban J connectivity index is 1.94. The topological polar surface area (TPSA) is 47.3 Å². The van der Waals surface area contributed by atoms with E-state index in [1.54, 1.807) is 0 Å². The summed E-state index contributed by atoms with van der Waals surface area (Å²) in [6, 6.07) is 8.00. The van der Waals surface area contributed by atoms with Gasteiger partial charge < -0.3 is 15.8 Å². The standard InChI is InChI=1S/C13H20N2O/c1-10-13(2,7-8-16-10)15-9-11-3-5-12(14)6-4-11/h3-6,10,15H,7-9,14H2,1-2H3. The van der Waals surface area contributed by atoms with Gasteiger partial charge >= 0.3 is 0 Å². The lowest BCUT2D eigenvalue weighted by molar-refractivity contribution is 0.0881. The summed E-state index contributed by atoms with van der Waals surface area (Å²) in [5, 5.41) is 3.58. The van der Waals surface area contributed by atoms with Crippen LogP contribution in [-0.2, 0) is 11.3 Å². The van der Waals surface area contributed by atoms with Crippen LogP contribution in [0.15, 0.2) is 24.3 Å². The zero-order valence-corrected chi connectivity index (χ0v) is 9.99. The average molecular weight is 220 g/mol. The lowest BCUT2D eigenvalue weighted by Crippen LogP contribution is -2.47. The second kappa shape index (κ2) is 4.44. The molecular formula is C13H20N2O. The van der Waals surface area contributed by atoms with Gasteiger partial charge in [-0.3, -0.25) is 0 Å². The van der Waals surface area contributed by atoms with Crippen molar-refractivity contribution < 1.29 is 4.74 Å². The van der Waals surface area contributed by atoms with Crippen LogP contribution in [0.2, 0.25) is 0 Å². The van der Waals surface area contributed by atoms with E-state index < -0.39 is 0 Å². The Hall–Kier alpha value is -1.06. The molecule has 0 bridgehead atoms. The van der Waals surface area contributed by atoms with Gasteiger partial charge in [-0.05, 0) is 38.0 Å². The van der Waals surface area contributed by atoms with Gasteiger partial charge in [0.1, 0.15) is 0 Å². The maximum atomic E-state index is 5.65. The summed E-state index contributed by atoms with van der Waals surface area (Å²) in [6.45, 7) is 6.07. The second-order valence-electron chi connectivity index (χ2n) is 4.78. The van der Waals surface area contributed by atoms with Gasteiger partial charge in [-0.1, -0.05) is 12.1 Å². The average Bonchev–Trinajstić information content (AvgIpc) is 2.59. The van der Waals surface area contributed by atoms with E-state index >= 15 is 0 Å². The Morgan fingerprint density at radius 3 is 2.69 bits per heavy atom. The van der Waals surface area contributed by atoms with Gasteiger partial charge in [0.15, 0.2) is 0 Å². The Morgan fingerprint density at radius 2 is 2.12 bits per heavy atom. The SMILES string of the molecule is CC1OCCC1(C)NCc1ccc(N)cc1. The molecule has 0 spiro atoms. The van der Waals surface area contributed by atoms with Crippen LogP contribution in [0.5, 0.6) is 0 Å². The molecule has 1 aliphatic rings. The number of nitrogen functional groups attached to an aromatic ring is 1. The van der Waals surface area contributed by atoms with Crippen molar-refractivity contribution in [2.45, 2.75) is 38.5 Å². The number of nitrogens with one attached hydrogen (secondary N) is 1. The van der Waals surface area contributed by atoms with Crippen LogP contribution in [0.25, 0.3) is 0 Å². The molecule has 0 aromatic heterocycles. The fourth-order valence-corrected chi connectivity index (χ4v) is 2.01. The van der Waals surface area contributed by atoms with E-state index in [0.29, 0.717) is 0 Å². The zero-order chi connectivity index (χ0) is 11.6. The van der Waals surface area contributed by atoms with Crippen LogP contribution < -0.4 is 11.1 Å². The smallest absolute Gasteiger partial charge is 0.0726 e. The highest BCUT2D eigenvalue weighted by atomic mass is 16.5. The van der Waals surface area contributed by atoms with Crippen molar-refractivity contribution in [2.24, 2.45) is 0 Å². The number of nitrogens with two attached hydrogens (primary N) is 1. The van der Waals surface area contributed by atoms with Crippen LogP contribution in [-0.4, -0.2) is 18.2 Å². The summed E-state index contributed by atoms with van der Waals surface area (Å²) in [4.78, 5) is 0. The summed E-state index contributed by atoms with van der Waals surface area (Å²) >= 11 is 0. The van der Waals surface area contributed by atoms with E-state index in [2.05, 4.69) is 31.3 Å². The summed E-state index contributed by atoms with van der Waals surface area (Å²) in [7, 11) is 0. The molecule has 0 saturated carbocycles. The number of anilines is 1. The third-order valence-electron chi connectivity index (χ3n) is 3.56. The highest BCUT2D eigenvalue weighted by Crippen LogP contribution is 2.25. The van der Waals surface area contributed by atoms with Gasteiger partial charge in [0.05, 0.1) is 6.10 Å². The van der Waals surface area contributed by atoms with Crippen LogP contribution in [0.4, 0.5) is 5.69 Å². The summed E-state index contributed by atoms with van der Waals surface area (Å²) in [5.74, 6) is 0. The van der Waals surface area contributed by atoms with Gasteiger partial charge in [-0.25, -0.2) is 0 Å². The summed E-state index contributed by atoms with van der Waals surface area (Å²) < 4.78 is 5.59. The first-order valence-electron chi connectivity index (χ1n) is 5.81. The lowest BCUT2D eigenvalue weighted by Gasteiger charge is -2.29. The van der Waals surface area contributed by atoms with Crippen LogP contribution in [0.1, 0.15) is 25.8 Å². The first-order chi connectivity index (χ1) is 7.60. The fraction of sp³-hybridized carbons (Fsp3) is 0.538. The molecule has 3 nitrogen and oxygen atoms in total. The van der Waals surface area contributed by atoms with Gasteiger partial charge in [0, 0.05) is 24.4 Å². The molecule has 3 heteroatoms. The number of benzene rings is 1. The number of hydrogen-bond donors (Lipinski definition) is 2. The minimum Gasteiger partial charge on any atom is -0.399 e. The fourth-order valence-electron chi connectivity index (χ4n) is 2.01. The normalized spacial score (nSPS) is 29.5. The predicted molar refractivity (Wildman–Crippen MR) is 66.1 cm³/mol. The van der Waals surface area contributed by atoms with Crippen molar-refractivity contribution in [3.05, 3.63) is 29.8 Å². The molecule has 2 unspecified atom stereocenters. The van der Waals surface area contributed by atoms with Crippen molar-refractivity contribution in [2.75, 3.05) is 12.3 Å². The Bertz CT molecular complexity index is 349. The van der Waals surface area contributed by atoms with Gasteiger partial charge in [0.2, 0.25) is 0 Å². The predicted octanol–water partition coefficient (Wildman–Crippen LogP) is 1.93. The van der Waals surface area contributed by atoms with Gasteiger partial charge in [0.25, 0.3) is 0 Å². The Labute approximate surface area is 97.0 Å². The monoisotopic (exact) mass is 220 g/mol. The highest BCUT2D eigenvalue weighted by Gasteiger charge is 2.36. The molecule has 0 amide bonds. The molecule has 0 aliphatic carbocycles. The van der Waals surface area contributed by atoms with Crippen LogP contribution in [0.3, 0.4) is 0 Å². The first kappa shape index (κ1) is 11.4. The summed E-state index contributed by atoms with van der Waals surface area (Å²) in [5.41, 5.74) is 7.82. The lowest BCUT2D eigenvalue weighted by atomic mass is 9.94. The van der Waals surface area contributed by atoms with Crippen LogP contribution in [0, 0.1) is 0 Å². The molecule has 1 fully saturated rings. The molecule has 1 aromatic rings. The molecule has 2 atom stereocenters. The molecule has 1 saturated heterocycles. The quantitative estimate of drug-likeness (QED) is 0.765. The van der Waals surface area contributed by atoms with Gasteiger partial charge in [-0.2, -0.15) is 0 Å². The zero-order valence-electron chi connectivity index (χ0n) is 9.99. The third-order valence-corrected chi connectivity index (χ3v) is 3.56. The molecular weight excluding hydrogens is 200 g/mol. The number of hydrogen-bond acceptors (Lipinski definition) is 3.